The molecular weight excluding hydrogens is 386 g/mol. The Kier molecular flexibility index (Phi) is 6.88. The molecule has 158 valence electrons. The van der Waals surface area contributed by atoms with Crippen molar-refractivity contribution in [1.82, 2.24) is 5.32 Å². The van der Waals surface area contributed by atoms with Crippen LogP contribution in [0, 0.1) is 13.8 Å². The van der Waals surface area contributed by atoms with Crippen molar-refractivity contribution in [2.24, 2.45) is 0 Å². The summed E-state index contributed by atoms with van der Waals surface area (Å²) in [5, 5.41) is 5.65. The van der Waals surface area contributed by atoms with Crippen molar-refractivity contribution in [3.05, 3.63) is 101 Å². The number of carbonyl (C=O) groups excluding carboxylic acids is 2. The molecule has 0 bridgehead atoms. The molecule has 3 aromatic carbocycles. The molecule has 5 nitrogen and oxygen atoms in total. The van der Waals surface area contributed by atoms with Gasteiger partial charge in [0.25, 0.3) is 11.8 Å². The minimum atomic E-state index is -0.387. The number of anilines is 2. The molecule has 0 heterocycles. The highest BCUT2D eigenvalue weighted by Gasteiger charge is 2.16. The average molecular weight is 414 g/mol. The molecule has 0 saturated heterocycles. The fourth-order valence-electron chi connectivity index (χ4n) is 3.05. The van der Waals surface area contributed by atoms with Gasteiger partial charge in [0.1, 0.15) is 5.70 Å². The van der Waals surface area contributed by atoms with Gasteiger partial charge in [0.05, 0.1) is 0 Å². The number of rotatable bonds is 6. The minimum Gasteiger partial charge on any atom is -0.378 e. The summed E-state index contributed by atoms with van der Waals surface area (Å²) >= 11 is 0. The lowest BCUT2D eigenvalue weighted by molar-refractivity contribution is -0.113. The Morgan fingerprint density at radius 1 is 0.839 bits per heavy atom. The summed E-state index contributed by atoms with van der Waals surface area (Å²) in [5.41, 5.74) is 5.16. The number of carbonyl (C=O) groups is 2. The van der Waals surface area contributed by atoms with Gasteiger partial charge in [0, 0.05) is 31.0 Å². The molecule has 0 radical (unpaired) electrons. The molecule has 0 unspecified atom stereocenters. The number of nitrogens with zero attached hydrogens (tertiary/aromatic N) is 1. The highest BCUT2D eigenvalue weighted by molar-refractivity contribution is 6.10. The largest absolute Gasteiger partial charge is 0.378 e. The lowest BCUT2D eigenvalue weighted by Crippen LogP contribution is -2.31. The van der Waals surface area contributed by atoms with Crippen LogP contribution in [0.25, 0.3) is 6.08 Å². The van der Waals surface area contributed by atoms with Crippen molar-refractivity contribution >= 4 is 29.3 Å². The molecule has 0 spiro atoms. The summed E-state index contributed by atoms with van der Waals surface area (Å²) in [7, 11) is 3.93. The molecule has 0 aliphatic heterocycles. The average Bonchev–Trinajstić information content (AvgIpc) is 2.75. The highest BCUT2D eigenvalue weighted by atomic mass is 16.2. The van der Waals surface area contributed by atoms with Crippen LogP contribution in [0.1, 0.15) is 27.0 Å². The van der Waals surface area contributed by atoms with Crippen LogP contribution in [-0.4, -0.2) is 25.9 Å². The second-order valence-electron chi connectivity index (χ2n) is 7.63. The van der Waals surface area contributed by atoms with Crippen LogP contribution in [0.2, 0.25) is 0 Å². The van der Waals surface area contributed by atoms with Gasteiger partial charge in [-0.25, -0.2) is 0 Å². The Hall–Kier alpha value is -3.86. The number of aryl methyl sites for hydroxylation is 2. The van der Waals surface area contributed by atoms with Gasteiger partial charge in [0.15, 0.2) is 0 Å². The normalized spacial score (nSPS) is 11.0. The van der Waals surface area contributed by atoms with Crippen LogP contribution in [0.15, 0.2) is 78.5 Å². The maximum atomic E-state index is 13.0. The Morgan fingerprint density at radius 2 is 1.48 bits per heavy atom. The maximum absolute atomic E-state index is 13.0. The summed E-state index contributed by atoms with van der Waals surface area (Å²) in [5.74, 6) is -0.712. The van der Waals surface area contributed by atoms with E-state index in [0.717, 1.165) is 22.4 Å². The van der Waals surface area contributed by atoms with Gasteiger partial charge in [-0.1, -0.05) is 48.0 Å². The van der Waals surface area contributed by atoms with Crippen LogP contribution in [0.4, 0.5) is 11.4 Å². The van der Waals surface area contributed by atoms with Gasteiger partial charge < -0.3 is 15.5 Å². The first-order valence-electron chi connectivity index (χ1n) is 10.1. The van der Waals surface area contributed by atoms with E-state index in [1.165, 1.54) is 0 Å². The zero-order valence-electron chi connectivity index (χ0n) is 18.3. The first-order chi connectivity index (χ1) is 14.8. The number of amides is 2. The summed E-state index contributed by atoms with van der Waals surface area (Å²) in [4.78, 5) is 27.9. The Labute approximate surface area is 183 Å². The molecule has 0 saturated carbocycles. The summed E-state index contributed by atoms with van der Waals surface area (Å²) in [6, 6.07) is 22.5. The maximum Gasteiger partial charge on any atom is 0.272 e. The second-order valence-corrected chi connectivity index (χ2v) is 7.63. The third kappa shape index (κ3) is 5.82. The van der Waals surface area contributed by atoms with E-state index in [0.29, 0.717) is 11.3 Å². The molecule has 0 aliphatic carbocycles. The molecule has 5 heteroatoms. The van der Waals surface area contributed by atoms with E-state index in [9.17, 15) is 9.59 Å². The van der Waals surface area contributed by atoms with E-state index < -0.39 is 0 Å². The van der Waals surface area contributed by atoms with Crippen LogP contribution in [0.5, 0.6) is 0 Å². The van der Waals surface area contributed by atoms with Crippen LogP contribution < -0.4 is 15.5 Å². The summed E-state index contributed by atoms with van der Waals surface area (Å²) < 4.78 is 0. The quantitative estimate of drug-likeness (QED) is 0.572. The number of hydrogen-bond acceptors (Lipinski definition) is 3. The van der Waals surface area contributed by atoms with Gasteiger partial charge in [0.2, 0.25) is 0 Å². The van der Waals surface area contributed by atoms with E-state index in [2.05, 4.69) is 10.6 Å². The van der Waals surface area contributed by atoms with Crippen LogP contribution >= 0.6 is 0 Å². The van der Waals surface area contributed by atoms with Gasteiger partial charge >= 0.3 is 0 Å². The topological polar surface area (TPSA) is 61.4 Å². The zero-order chi connectivity index (χ0) is 22.4. The number of benzene rings is 3. The van der Waals surface area contributed by atoms with E-state index in [4.69, 9.17) is 0 Å². The second kappa shape index (κ2) is 9.76. The van der Waals surface area contributed by atoms with Crippen molar-refractivity contribution in [1.29, 1.82) is 0 Å². The molecule has 0 aliphatic rings. The molecular formula is C26H27N3O2. The van der Waals surface area contributed by atoms with Gasteiger partial charge in [-0.2, -0.15) is 0 Å². The van der Waals surface area contributed by atoms with Crippen molar-refractivity contribution < 1.29 is 9.59 Å². The predicted octanol–water partition coefficient (Wildman–Crippen LogP) is 4.78. The highest BCUT2D eigenvalue weighted by Crippen LogP contribution is 2.16. The lowest BCUT2D eigenvalue weighted by atomic mass is 10.1. The van der Waals surface area contributed by atoms with Gasteiger partial charge in [-0.3, -0.25) is 9.59 Å². The van der Waals surface area contributed by atoms with Crippen LogP contribution in [-0.2, 0) is 4.79 Å². The zero-order valence-corrected chi connectivity index (χ0v) is 18.3. The van der Waals surface area contributed by atoms with Crippen molar-refractivity contribution in [2.45, 2.75) is 13.8 Å². The fraction of sp³-hybridized carbons (Fsp3) is 0.154. The van der Waals surface area contributed by atoms with E-state index in [1.54, 1.807) is 18.2 Å². The third-order valence-electron chi connectivity index (χ3n) is 4.91. The monoisotopic (exact) mass is 413 g/mol. The Bertz CT molecular complexity index is 1100. The SMILES string of the molecule is Cc1ccc(NC(=O)/C(=C\c2ccc(N(C)C)cc2)NC(=O)c2ccccc2C)cc1. The minimum absolute atomic E-state index is 0.173. The Morgan fingerprint density at radius 3 is 2.10 bits per heavy atom. The molecule has 3 rings (SSSR count). The third-order valence-corrected chi connectivity index (χ3v) is 4.91. The number of nitrogens with one attached hydrogen (secondary N) is 2. The molecule has 3 aromatic rings. The summed E-state index contributed by atoms with van der Waals surface area (Å²) in [6.45, 7) is 3.85. The first-order valence-corrected chi connectivity index (χ1v) is 10.1. The summed E-state index contributed by atoms with van der Waals surface area (Å²) in [6.07, 6.45) is 1.68. The van der Waals surface area contributed by atoms with E-state index in [1.807, 2.05) is 93.5 Å². The standard InChI is InChI=1S/C26H27N3O2/c1-18-9-13-21(14-10-18)27-26(31)24(17-20-11-15-22(16-12-20)29(3)4)28-25(30)23-8-6-5-7-19(23)2/h5-17H,1-4H3,(H,27,31)(H,28,30)/b24-17+. The van der Waals surface area contributed by atoms with Gasteiger partial charge in [-0.05, 0) is 61.4 Å². The predicted molar refractivity (Wildman–Crippen MR) is 127 cm³/mol. The van der Waals surface area contributed by atoms with Crippen molar-refractivity contribution in [2.75, 3.05) is 24.3 Å². The molecule has 2 amide bonds. The fourth-order valence-corrected chi connectivity index (χ4v) is 3.05. The molecule has 0 aromatic heterocycles. The lowest BCUT2D eigenvalue weighted by Gasteiger charge is -2.14. The molecule has 0 fully saturated rings. The van der Waals surface area contributed by atoms with E-state index in [-0.39, 0.29) is 17.5 Å². The first kappa shape index (κ1) is 21.8. The molecule has 2 N–H and O–H groups in total. The van der Waals surface area contributed by atoms with Crippen LogP contribution in [0.3, 0.4) is 0 Å². The Balaban J connectivity index is 1.90. The van der Waals surface area contributed by atoms with Gasteiger partial charge in [-0.15, -0.1) is 0 Å². The molecule has 31 heavy (non-hydrogen) atoms. The van der Waals surface area contributed by atoms with Crippen molar-refractivity contribution in [3.63, 3.8) is 0 Å². The van der Waals surface area contributed by atoms with Crippen molar-refractivity contribution in [3.8, 4) is 0 Å². The smallest absolute Gasteiger partial charge is 0.272 e. The molecule has 0 atom stereocenters. The number of hydrogen-bond donors (Lipinski definition) is 2. The van der Waals surface area contributed by atoms with E-state index >= 15 is 0 Å².